The van der Waals surface area contributed by atoms with E-state index in [-0.39, 0.29) is 29.8 Å². The van der Waals surface area contributed by atoms with Crippen LogP contribution in [0.1, 0.15) is 26.7 Å². The number of likely N-dealkylation sites (N-methyl/N-ethyl adjacent to an activating group) is 1. The summed E-state index contributed by atoms with van der Waals surface area (Å²) in [4.78, 5) is 26.2. The summed E-state index contributed by atoms with van der Waals surface area (Å²) < 4.78 is 5.13. The summed E-state index contributed by atoms with van der Waals surface area (Å²) in [6, 6.07) is 8.03. The Morgan fingerprint density at radius 1 is 1.36 bits per heavy atom. The monoisotopic (exact) mass is 366 g/mol. The zero-order valence-electron chi connectivity index (χ0n) is 14.9. The van der Waals surface area contributed by atoms with E-state index < -0.39 is 5.97 Å². The summed E-state index contributed by atoms with van der Waals surface area (Å²) in [7, 11) is 1.63. The van der Waals surface area contributed by atoms with Gasteiger partial charge < -0.3 is 15.2 Å². The number of thioether (sulfide) groups is 1. The molecule has 2 N–H and O–H groups in total. The lowest BCUT2D eigenvalue weighted by atomic mass is 9.85. The minimum absolute atomic E-state index is 0.0190. The molecule has 25 heavy (non-hydrogen) atoms. The molecule has 138 valence electrons. The summed E-state index contributed by atoms with van der Waals surface area (Å²) in [6.45, 7) is 4.62. The number of benzene rings is 1. The average molecular weight is 366 g/mol. The van der Waals surface area contributed by atoms with Gasteiger partial charge in [-0.15, -0.1) is 11.8 Å². The lowest BCUT2D eigenvalue weighted by Crippen LogP contribution is -2.55. The smallest absolute Gasteiger partial charge is 0.317 e. The molecule has 1 aromatic carbocycles. The lowest BCUT2D eigenvalue weighted by Gasteiger charge is -2.42. The van der Waals surface area contributed by atoms with Crippen LogP contribution in [0.4, 0.5) is 0 Å². The van der Waals surface area contributed by atoms with Gasteiger partial charge in [0.15, 0.2) is 0 Å². The van der Waals surface area contributed by atoms with Crippen molar-refractivity contribution in [2.24, 2.45) is 0 Å². The second-order valence-corrected chi connectivity index (χ2v) is 7.64. The minimum Gasteiger partial charge on any atom is -0.497 e. The first kappa shape index (κ1) is 19.6. The van der Waals surface area contributed by atoms with Gasteiger partial charge in [0.1, 0.15) is 5.75 Å². The molecule has 1 aliphatic carbocycles. The van der Waals surface area contributed by atoms with Crippen molar-refractivity contribution in [3.05, 3.63) is 24.3 Å². The lowest BCUT2D eigenvalue weighted by molar-refractivity contribution is -0.139. The zero-order chi connectivity index (χ0) is 18.4. The van der Waals surface area contributed by atoms with Gasteiger partial charge in [-0.25, -0.2) is 0 Å². The Morgan fingerprint density at radius 2 is 2.00 bits per heavy atom. The average Bonchev–Trinajstić information content (AvgIpc) is 2.56. The van der Waals surface area contributed by atoms with Crippen molar-refractivity contribution in [2.45, 2.75) is 48.9 Å². The molecule has 0 aromatic heterocycles. The highest BCUT2D eigenvalue weighted by Gasteiger charge is 2.35. The van der Waals surface area contributed by atoms with Gasteiger partial charge in [0, 0.05) is 17.0 Å². The highest BCUT2D eigenvalue weighted by atomic mass is 32.2. The molecule has 1 aromatic rings. The Morgan fingerprint density at radius 3 is 2.52 bits per heavy atom. The van der Waals surface area contributed by atoms with Crippen LogP contribution in [0.3, 0.4) is 0 Å². The van der Waals surface area contributed by atoms with Crippen LogP contribution in [0.15, 0.2) is 29.2 Å². The van der Waals surface area contributed by atoms with Crippen molar-refractivity contribution in [3.63, 3.8) is 0 Å². The van der Waals surface area contributed by atoms with Gasteiger partial charge >= 0.3 is 5.97 Å². The molecule has 1 saturated carbocycles. The summed E-state index contributed by atoms with van der Waals surface area (Å²) in [6.07, 6.45) is 1.62. The van der Waals surface area contributed by atoms with Crippen molar-refractivity contribution in [1.29, 1.82) is 0 Å². The second-order valence-electron chi connectivity index (χ2n) is 6.22. The van der Waals surface area contributed by atoms with Gasteiger partial charge in [-0.1, -0.05) is 6.92 Å². The Bertz CT molecular complexity index is 587. The van der Waals surface area contributed by atoms with Crippen molar-refractivity contribution >= 4 is 23.6 Å². The molecule has 6 nitrogen and oxygen atoms in total. The van der Waals surface area contributed by atoms with Crippen molar-refractivity contribution < 1.29 is 19.4 Å². The molecule has 1 atom stereocenters. The van der Waals surface area contributed by atoms with Crippen LogP contribution in [0.25, 0.3) is 0 Å². The van der Waals surface area contributed by atoms with Crippen molar-refractivity contribution in [1.82, 2.24) is 10.2 Å². The van der Waals surface area contributed by atoms with Crippen LogP contribution < -0.4 is 10.1 Å². The second kappa shape index (κ2) is 9.10. The molecular formula is C18H26N2O4S. The minimum atomic E-state index is -0.807. The first-order valence-corrected chi connectivity index (χ1v) is 9.37. The van der Waals surface area contributed by atoms with Gasteiger partial charge in [0.25, 0.3) is 0 Å². The van der Waals surface area contributed by atoms with Crippen molar-refractivity contribution in [3.8, 4) is 5.75 Å². The number of ether oxygens (including phenoxy) is 1. The molecule has 7 heteroatoms. The third-order valence-electron chi connectivity index (χ3n) is 4.46. The standard InChI is InChI=1S/C18H26N2O4S/c1-4-20(11-17(21)22)14-9-13(10-14)19-18(23)12(2)25-16-7-5-15(24-3)6-8-16/h5-8,12-14H,4,9-11H2,1-3H3,(H,19,23)(H,21,22). The Balaban J connectivity index is 1.75. The molecule has 0 bridgehead atoms. The molecule has 0 aliphatic heterocycles. The van der Waals surface area contributed by atoms with E-state index in [2.05, 4.69) is 5.32 Å². The summed E-state index contributed by atoms with van der Waals surface area (Å²) in [5.74, 6) is 0.00760. The molecule has 2 rings (SSSR count). The number of amides is 1. The number of nitrogens with one attached hydrogen (secondary N) is 1. The van der Waals surface area contributed by atoms with Crippen LogP contribution in [-0.4, -0.2) is 59.4 Å². The van der Waals surface area contributed by atoms with Gasteiger partial charge in [-0.05, 0) is 50.6 Å². The van der Waals surface area contributed by atoms with E-state index >= 15 is 0 Å². The number of methoxy groups -OCH3 is 1. The van der Waals surface area contributed by atoms with Gasteiger partial charge in [0.05, 0.1) is 18.9 Å². The first-order chi connectivity index (χ1) is 11.9. The first-order valence-electron chi connectivity index (χ1n) is 8.49. The number of carbonyl (C=O) groups is 2. The van der Waals surface area contributed by atoms with Crippen LogP contribution >= 0.6 is 11.8 Å². The number of hydrogen-bond acceptors (Lipinski definition) is 5. The van der Waals surface area contributed by atoms with E-state index in [0.717, 1.165) is 23.5 Å². The number of carboxylic acids is 1. The van der Waals surface area contributed by atoms with Crippen LogP contribution in [-0.2, 0) is 9.59 Å². The van der Waals surface area contributed by atoms with Crippen LogP contribution in [0.5, 0.6) is 5.75 Å². The third kappa shape index (κ3) is 5.64. The largest absolute Gasteiger partial charge is 0.497 e. The summed E-state index contributed by atoms with van der Waals surface area (Å²) >= 11 is 1.51. The highest BCUT2D eigenvalue weighted by molar-refractivity contribution is 8.00. The zero-order valence-corrected chi connectivity index (χ0v) is 15.7. The van der Waals surface area contributed by atoms with E-state index in [1.807, 2.05) is 43.0 Å². The predicted molar refractivity (Wildman–Crippen MR) is 98.1 cm³/mol. The molecule has 0 heterocycles. The third-order valence-corrected chi connectivity index (χ3v) is 5.57. The van der Waals surface area contributed by atoms with Crippen LogP contribution in [0.2, 0.25) is 0 Å². The molecular weight excluding hydrogens is 340 g/mol. The SMILES string of the molecule is CCN(CC(=O)O)C1CC(NC(=O)C(C)Sc2ccc(OC)cc2)C1. The number of aliphatic carboxylic acids is 1. The van der Waals surface area contributed by atoms with Crippen LogP contribution in [0, 0.1) is 0 Å². The maximum Gasteiger partial charge on any atom is 0.317 e. The highest BCUT2D eigenvalue weighted by Crippen LogP contribution is 2.28. The number of hydrogen-bond donors (Lipinski definition) is 2. The molecule has 1 amide bonds. The van der Waals surface area contributed by atoms with E-state index in [1.165, 1.54) is 11.8 Å². The van der Waals surface area contributed by atoms with E-state index in [1.54, 1.807) is 7.11 Å². The summed E-state index contributed by atoms with van der Waals surface area (Å²) in [5, 5.41) is 11.8. The molecule has 0 radical (unpaired) electrons. The maximum atomic E-state index is 12.3. The number of carboxylic acid groups (broad SMARTS) is 1. The predicted octanol–water partition coefficient (Wildman–Crippen LogP) is 2.23. The number of carbonyl (C=O) groups excluding carboxylic acids is 1. The van der Waals surface area contributed by atoms with Gasteiger partial charge in [-0.3, -0.25) is 14.5 Å². The Hall–Kier alpha value is -1.73. The fraction of sp³-hybridized carbons (Fsp3) is 0.556. The quantitative estimate of drug-likeness (QED) is 0.653. The van der Waals surface area contributed by atoms with Gasteiger partial charge in [0.2, 0.25) is 5.91 Å². The van der Waals surface area contributed by atoms with Crippen molar-refractivity contribution in [2.75, 3.05) is 20.2 Å². The van der Waals surface area contributed by atoms with E-state index in [4.69, 9.17) is 9.84 Å². The Kier molecular flexibility index (Phi) is 7.13. The molecule has 1 aliphatic rings. The molecule has 1 fully saturated rings. The Labute approximate surface area is 152 Å². The maximum absolute atomic E-state index is 12.3. The molecule has 0 spiro atoms. The number of rotatable bonds is 9. The fourth-order valence-corrected chi connectivity index (χ4v) is 3.78. The van der Waals surface area contributed by atoms with E-state index in [0.29, 0.717) is 6.54 Å². The summed E-state index contributed by atoms with van der Waals surface area (Å²) in [5.41, 5.74) is 0. The molecule has 1 unspecified atom stereocenters. The normalized spacial score (nSPS) is 20.6. The van der Waals surface area contributed by atoms with Gasteiger partial charge in [-0.2, -0.15) is 0 Å². The van der Waals surface area contributed by atoms with E-state index in [9.17, 15) is 9.59 Å². The topological polar surface area (TPSA) is 78.9 Å². The molecule has 0 saturated heterocycles. The number of nitrogens with zero attached hydrogens (tertiary/aromatic N) is 1. The fourth-order valence-electron chi connectivity index (χ4n) is 2.91.